The second-order valence-electron chi connectivity index (χ2n) is 9.97. The maximum atomic E-state index is 13.8. The van der Waals surface area contributed by atoms with Gasteiger partial charge in [-0.05, 0) is 74.4 Å². The Balaban J connectivity index is 1.74. The smallest absolute Gasteiger partial charge is 0.254 e. The molecule has 1 aliphatic carbocycles. The average Bonchev–Trinajstić information content (AvgIpc) is 2.89. The van der Waals surface area contributed by atoms with Crippen molar-refractivity contribution in [3.8, 4) is 22.5 Å². The molecule has 2 aromatic carbocycles. The van der Waals surface area contributed by atoms with Gasteiger partial charge in [-0.2, -0.15) is 0 Å². The lowest BCUT2D eigenvalue weighted by molar-refractivity contribution is 0.0689. The number of rotatable bonds is 5. The van der Waals surface area contributed by atoms with Gasteiger partial charge in [0.15, 0.2) is 5.43 Å². The molecule has 5 nitrogen and oxygen atoms in total. The standard InChI is InChI=1S/C31H34N2O3/c1-5-21-11-13-33(14-12-21)31(35)23-10-8-7-9-22(23)30-24-15-19(3)26(32-6-2)17-28(24)36-29-18-27(34)20(4)16-25(29)30/h7-10,15-18,21,32H,5-6,11-14H2,1-4H3. The fourth-order valence-corrected chi connectivity index (χ4v) is 5.45. The van der Waals surface area contributed by atoms with E-state index in [4.69, 9.17) is 4.42 Å². The van der Waals surface area contributed by atoms with E-state index in [1.54, 1.807) is 6.07 Å². The normalized spacial score (nSPS) is 14.5. The number of piperidine rings is 1. The molecule has 2 heterocycles. The number of fused-ring (bicyclic) bond motifs is 2. The highest BCUT2D eigenvalue weighted by atomic mass is 16.3. The van der Waals surface area contributed by atoms with E-state index in [9.17, 15) is 9.59 Å². The molecule has 5 rings (SSSR count). The number of anilines is 1. The Morgan fingerprint density at radius 1 is 1.00 bits per heavy atom. The summed E-state index contributed by atoms with van der Waals surface area (Å²) in [6.45, 7) is 10.6. The molecule has 2 aromatic rings. The van der Waals surface area contributed by atoms with Crippen LogP contribution in [0.15, 0.2) is 57.7 Å². The SMILES string of the molecule is CCNc1cc2oc3cc(=O)c(C)cc-3c(-c3ccccc3C(=O)N3CCC(CC)CC3)c2cc1C. The number of amides is 1. The van der Waals surface area contributed by atoms with Crippen LogP contribution in [0.1, 0.15) is 54.6 Å². The molecule has 36 heavy (non-hydrogen) atoms. The van der Waals surface area contributed by atoms with Gasteiger partial charge >= 0.3 is 0 Å². The molecule has 1 amide bonds. The highest BCUT2D eigenvalue weighted by Crippen LogP contribution is 2.43. The molecule has 5 heteroatoms. The third-order valence-electron chi connectivity index (χ3n) is 7.64. The van der Waals surface area contributed by atoms with Crippen molar-refractivity contribution in [3.63, 3.8) is 0 Å². The highest BCUT2D eigenvalue weighted by molar-refractivity contribution is 6.09. The molecule has 0 atom stereocenters. The summed E-state index contributed by atoms with van der Waals surface area (Å²) in [5.41, 5.74) is 6.74. The largest absolute Gasteiger partial charge is 0.456 e. The van der Waals surface area contributed by atoms with Crippen LogP contribution in [-0.2, 0) is 0 Å². The van der Waals surface area contributed by atoms with E-state index in [-0.39, 0.29) is 11.3 Å². The van der Waals surface area contributed by atoms with Gasteiger partial charge in [-0.25, -0.2) is 0 Å². The fourth-order valence-electron chi connectivity index (χ4n) is 5.45. The zero-order valence-corrected chi connectivity index (χ0v) is 21.6. The van der Waals surface area contributed by atoms with Crippen LogP contribution >= 0.6 is 0 Å². The van der Waals surface area contributed by atoms with Crippen LogP contribution < -0.4 is 10.7 Å². The summed E-state index contributed by atoms with van der Waals surface area (Å²) in [7, 11) is 0. The van der Waals surface area contributed by atoms with Crippen LogP contribution in [-0.4, -0.2) is 30.4 Å². The summed E-state index contributed by atoms with van der Waals surface area (Å²) in [6, 6.07) is 15.5. The molecule has 1 fully saturated rings. The van der Waals surface area contributed by atoms with E-state index in [0.29, 0.717) is 28.4 Å². The van der Waals surface area contributed by atoms with Crippen LogP contribution in [0, 0.1) is 19.8 Å². The summed E-state index contributed by atoms with van der Waals surface area (Å²) < 4.78 is 6.29. The first-order valence-corrected chi connectivity index (χ1v) is 13.1. The predicted molar refractivity (Wildman–Crippen MR) is 147 cm³/mol. The third kappa shape index (κ3) is 4.27. The summed E-state index contributed by atoms with van der Waals surface area (Å²) >= 11 is 0. The number of aryl methyl sites for hydroxylation is 2. The molecule has 1 saturated heterocycles. The second-order valence-corrected chi connectivity index (χ2v) is 9.97. The molecule has 3 aliphatic rings. The van der Waals surface area contributed by atoms with Crippen molar-refractivity contribution in [2.45, 2.75) is 47.0 Å². The average molecular weight is 483 g/mol. The van der Waals surface area contributed by atoms with Crippen molar-refractivity contribution in [2.24, 2.45) is 5.92 Å². The number of hydrogen-bond donors (Lipinski definition) is 1. The van der Waals surface area contributed by atoms with Crippen molar-refractivity contribution in [2.75, 3.05) is 25.0 Å². The minimum atomic E-state index is -0.0567. The number of carbonyl (C=O) groups is 1. The number of nitrogens with zero attached hydrogens (tertiary/aromatic N) is 1. The quantitative estimate of drug-likeness (QED) is 0.315. The molecule has 0 aromatic heterocycles. The van der Waals surface area contributed by atoms with Crippen LogP contribution in [0.25, 0.3) is 33.4 Å². The van der Waals surface area contributed by atoms with Gasteiger partial charge in [0.25, 0.3) is 5.91 Å². The Labute approximate surface area is 212 Å². The second kappa shape index (κ2) is 9.81. The van der Waals surface area contributed by atoms with Crippen LogP contribution in [0.3, 0.4) is 0 Å². The van der Waals surface area contributed by atoms with Gasteiger partial charge in [0.1, 0.15) is 11.3 Å². The monoisotopic (exact) mass is 482 g/mol. The minimum absolute atomic E-state index is 0.0567. The topological polar surface area (TPSA) is 62.6 Å². The Morgan fingerprint density at radius 3 is 2.47 bits per heavy atom. The van der Waals surface area contributed by atoms with Gasteiger partial charge in [-0.1, -0.05) is 31.5 Å². The lowest BCUT2D eigenvalue weighted by atomic mass is 9.88. The molecule has 0 bridgehead atoms. The van der Waals surface area contributed by atoms with Gasteiger partial charge in [-0.3, -0.25) is 9.59 Å². The highest BCUT2D eigenvalue weighted by Gasteiger charge is 2.27. The van der Waals surface area contributed by atoms with Crippen LogP contribution in [0.5, 0.6) is 0 Å². The maximum Gasteiger partial charge on any atom is 0.254 e. The third-order valence-corrected chi connectivity index (χ3v) is 7.64. The molecule has 0 radical (unpaired) electrons. The maximum absolute atomic E-state index is 13.8. The van der Waals surface area contributed by atoms with Gasteiger partial charge in [0.05, 0.1) is 0 Å². The van der Waals surface area contributed by atoms with Crippen molar-refractivity contribution in [1.29, 1.82) is 0 Å². The van der Waals surface area contributed by atoms with Gasteiger partial charge < -0.3 is 14.6 Å². The molecular formula is C31H34N2O3. The summed E-state index contributed by atoms with van der Waals surface area (Å²) in [5.74, 6) is 1.30. The Morgan fingerprint density at radius 2 is 1.75 bits per heavy atom. The molecule has 0 saturated carbocycles. The van der Waals surface area contributed by atoms with E-state index in [2.05, 4.69) is 32.2 Å². The zero-order valence-electron chi connectivity index (χ0n) is 21.6. The van der Waals surface area contributed by atoms with E-state index < -0.39 is 0 Å². The van der Waals surface area contributed by atoms with Gasteiger partial charge in [0, 0.05) is 59.5 Å². The Kier molecular flexibility index (Phi) is 6.57. The van der Waals surface area contributed by atoms with E-state index in [1.807, 2.05) is 48.2 Å². The number of carbonyl (C=O) groups excluding carboxylic acids is 1. The number of hydrogen-bond acceptors (Lipinski definition) is 4. The van der Waals surface area contributed by atoms with Crippen LogP contribution in [0.4, 0.5) is 5.69 Å². The summed E-state index contributed by atoms with van der Waals surface area (Å²) in [5, 5.41) is 4.33. The molecule has 1 N–H and O–H groups in total. The summed E-state index contributed by atoms with van der Waals surface area (Å²) in [6.07, 6.45) is 3.27. The lowest BCUT2D eigenvalue weighted by Gasteiger charge is -2.32. The van der Waals surface area contributed by atoms with E-state index >= 15 is 0 Å². The molecular weight excluding hydrogens is 448 g/mol. The Bertz CT molecular complexity index is 1460. The van der Waals surface area contributed by atoms with Crippen molar-refractivity contribution >= 4 is 22.6 Å². The fraction of sp³-hybridized carbons (Fsp3) is 0.355. The number of nitrogens with one attached hydrogen (secondary N) is 1. The minimum Gasteiger partial charge on any atom is -0.456 e. The van der Waals surface area contributed by atoms with Crippen molar-refractivity contribution in [1.82, 2.24) is 4.90 Å². The molecule has 0 unspecified atom stereocenters. The zero-order chi connectivity index (χ0) is 25.4. The number of likely N-dealkylation sites (tertiary alicyclic amines) is 1. The van der Waals surface area contributed by atoms with E-state index in [0.717, 1.165) is 65.8 Å². The first-order valence-electron chi connectivity index (χ1n) is 13.1. The van der Waals surface area contributed by atoms with Crippen LogP contribution in [0.2, 0.25) is 0 Å². The first kappa shape index (κ1) is 24.1. The van der Waals surface area contributed by atoms with Crippen molar-refractivity contribution in [3.05, 3.63) is 75.4 Å². The van der Waals surface area contributed by atoms with Gasteiger partial charge in [0.2, 0.25) is 0 Å². The predicted octanol–water partition coefficient (Wildman–Crippen LogP) is 6.88. The first-order chi connectivity index (χ1) is 17.4. The van der Waals surface area contributed by atoms with Gasteiger partial charge in [-0.15, -0.1) is 0 Å². The van der Waals surface area contributed by atoms with Crippen molar-refractivity contribution < 1.29 is 9.21 Å². The Hall–Kier alpha value is -3.60. The molecule has 2 aliphatic heterocycles. The molecule has 0 spiro atoms. The molecule has 186 valence electrons. The lowest BCUT2D eigenvalue weighted by Crippen LogP contribution is -2.38. The summed E-state index contributed by atoms with van der Waals surface area (Å²) in [4.78, 5) is 28.4. The number of benzene rings is 3. The van der Waals surface area contributed by atoms with E-state index in [1.165, 1.54) is 6.42 Å².